The van der Waals surface area contributed by atoms with Gasteiger partial charge < -0.3 is 0 Å². The predicted octanol–water partition coefficient (Wildman–Crippen LogP) is 6.37. The predicted molar refractivity (Wildman–Crippen MR) is 87.8 cm³/mol. The molecule has 0 N–H and O–H groups in total. The zero-order chi connectivity index (χ0) is 14.3. The normalized spacial score (nSPS) is 13.2. The number of aryl methyl sites for hydroxylation is 3. The fourth-order valence-electron chi connectivity index (χ4n) is 1.92. The first-order valence-corrected chi connectivity index (χ1v) is 8.57. The average molecular weight is 387 g/mol. The van der Waals surface area contributed by atoms with Crippen LogP contribution in [0.4, 0.5) is 0 Å². The third-order valence-corrected chi connectivity index (χ3v) is 7.58. The topological polar surface area (TPSA) is 0 Å². The number of rotatable bonds is 1. The third kappa shape index (κ3) is 4.19. The van der Waals surface area contributed by atoms with Crippen LogP contribution >= 0.6 is 77.5 Å². The van der Waals surface area contributed by atoms with Gasteiger partial charge >= 0.3 is 0 Å². The first-order valence-electron chi connectivity index (χ1n) is 4.96. The van der Waals surface area contributed by atoms with E-state index in [2.05, 4.69) is 0 Å². The van der Waals surface area contributed by atoms with Crippen LogP contribution in [0.25, 0.3) is 0 Å². The molecule has 0 bridgehead atoms. The van der Waals surface area contributed by atoms with E-state index in [4.69, 9.17) is 69.6 Å². The second-order valence-electron chi connectivity index (χ2n) is 4.02. The van der Waals surface area contributed by atoms with Crippen molar-refractivity contribution in [2.45, 2.75) is 27.8 Å². The summed E-state index contributed by atoms with van der Waals surface area (Å²) in [5, 5.41) is 0.829. The van der Waals surface area contributed by atoms with Crippen LogP contribution in [0.2, 0.25) is 0 Å². The van der Waals surface area contributed by atoms with Crippen molar-refractivity contribution in [1.29, 1.82) is 0 Å². The standard InChI is InChI=1S/C11H11Cl6P/c1-6-4-7(2)9(8(3)5-6)18(10(12,13)14)11(15,16)17/h4-5H,1-3H3. The van der Waals surface area contributed by atoms with Crippen molar-refractivity contribution in [3.05, 3.63) is 28.8 Å². The Balaban J connectivity index is 3.50. The Kier molecular flexibility index (Phi) is 5.83. The summed E-state index contributed by atoms with van der Waals surface area (Å²) in [6.07, 6.45) is 0. The highest BCUT2D eigenvalue weighted by Crippen LogP contribution is 2.70. The summed E-state index contributed by atoms with van der Waals surface area (Å²) in [6, 6.07) is 3.98. The van der Waals surface area contributed by atoms with Gasteiger partial charge in [0, 0.05) is 7.92 Å². The van der Waals surface area contributed by atoms with Gasteiger partial charge in [-0.1, -0.05) is 87.3 Å². The minimum absolute atomic E-state index is 0.829. The van der Waals surface area contributed by atoms with E-state index in [1.807, 2.05) is 32.9 Å². The molecule has 0 fully saturated rings. The molecule has 0 aliphatic heterocycles. The molecule has 102 valence electrons. The van der Waals surface area contributed by atoms with Gasteiger partial charge in [0.2, 0.25) is 7.07 Å². The summed E-state index contributed by atoms with van der Waals surface area (Å²) in [6.45, 7) is 5.85. The summed E-state index contributed by atoms with van der Waals surface area (Å²) in [7, 11) is -1.60. The second kappa shape index (κ2) is 6.02. The quantitative estimate of drug-likeness (QED) is 0.388. The van der Waals surface area contributed by atoms with Crippen LogP contribution in [0, 0.1) is 20.8 Å². The van der Waals surface area contributed by atoms with Gasteiger partial charge in [-0.05, 0) is 37.2 Å². The molecule has 1 rings (SSSR count). The van der Waals surface area contributed by atoms with Gasteiger partial charge in [-0.25, -0.2) is 0 Å². The highest BCUT2D eigenvalue weighted by Gasteiger charge is 2.48. The summed E-state index contributed by atoms with van der Waals surface area (Å²) in [5.41, 5.74) is 3.06. The van der Waals surface area contributed by atoms with E-state index in [9.17, 15) is 0 Å². The van der Waals surface area contributed by atoms with E-state index in [1.165, 1.54) is 0 Å². The van der Waals surface area contributed by atoms with Crippen LogP contribution < -0.4 is 5.30 Å². The lowest BCUT2D eigenvalue weighted by Gasteiger charge is -2.33. The Bertz CT molecular complexity index is 409. The van der Waals surface area contributed by atoms with Gasteiger partial charge in [-0.2, -0.15) is 0 Å². The maximum Gasteiger partial charge on any atom is 0.216 e. The van der Waals surface area contributed by atoms with Crippen molar-refractivity contribution in [2.75, 3.05) is 0 Å². The van der Waals surface area contributed by atoms with Crippen molar-refractivity contribution in [3.63, 3.8) is 0 Å². The molecule has 0 atom stereocenters. The van der Waals surface area contributed by atoms with Crippen LogP contribution in [0.1, 0.15) is 16.7 Å². The van der Waals surface area contributed by atoms with Crippen molar-refractivity contribution < 1.29 is 0 Å². The number of halogens is 6. The summed E-state index contributed by atoms with van der Waals surface area (Å²) in [5.74, 6) is 0. The fraction of sp³-hybridized carbons (Fsp3) is 0.455. The molecule has 0 amide bonds. The summed E-state index contributed by atoms with van der Waals surface area (Å²) in [4.78, 5) is 0. The van der Waals surface area contributed by atoms with Crippen LogP contribution in [0.3, 0.4) is 0 Å². The molecule has 1 aromatic rings. The molecule has 1 aromatic carbocycles. The lowest BCUT2D eigenvalue weighted by molar-refractivity contribution is 1.35. The molecule has 7 heteroatoms. The Labute approximate surface area is 139 Å². The molecule has 0 spiro atoms. The van der Waals surface area contributed by atoms with Gasteiger partial charge in [0.1, 0.15) is 0 Å². The SMILES string of the molecule is Cc1cc(C)c(P(C(Cl)(Cl)Cl)C(Cl)(Cl)Cl)c(C)c1. The molecule has 0 aliphatic rings. The maximum atomic E-state index is 6.01. The van der Waals surface area contributed by atoms with E-state index < -0.39 is 15.0 Å². The highest BCUT2D eigenvalue weighted by atomic mass is 35.6. The molecule has 0 aromatic heterocycles. The van der Waals surface area contributed by atoms with E-state index in [0.29, 0.717) is 0 Å². The highest BCUT2D eigenvalue weighted by molar-refractivity contribution is 7.79. The van der Waals surface area contributed by atoms with Gasteiger partial charge in [-0.15, -0.1) is 0 Å². The molecule has 18 heavy (non-hydrogen) atoms. The molecule has 0 saturated heterocycles. The summed E-state index contributed by atoms with van der Waals surface area (Å²) < 4.78 is -3.27. The Hall–Kier alpha value is 1.39. The molecule has 0 radical (unpaired) electrons. The van der Waals surface area contributed by atoms with Crippen molar-refractivity contribution in [3.8, 4) is 0 Å². The monoisotopic (exact) mass is 384 g/mol. The van der Waals surface area contributed by atoms with Gasteiger partial charge in [-0.3, -0.25) is 0 Å². The molecule has 0 saturated carbocycles. The van der Waals surface area contributed by atoms with Crippen molar-refractivity contribution in [2.24, 2.45) is 0 Å². The maximum absolute atomic E-state index is 6.01. The number of hydrogen-bond acceptors (Lipinski definition) is 0. The fourth-order valence-corrected chi connectivity index (χ4v) is 8.52. The van der Waals surface area contributed by atoms with Crippen molar-refractivity contribution >= 4 is 82.8 Å². The van der Waals surface area contributed by atoms with E-state index >= 15 is 0 Å². The Morgan fingerprint density at radius 1 is 0.778 bits per heavy atom. The number of hydrogen-bond donors (Lipinski definition) is 0. The largest absolute Gasteiger partial charge is 0.216 e. The first kappa shape index (κ1) is 17.4. The van der Waals surface area contributed by atoms with E-state index in [0.717, 1.165) is 22.0 Å². The first-order chi connectivity index (χ1) is 7.94. The molecule has 0 unspecified atom stereocenters. The van der Waals surface area contributed by atoms with E-state index in [-0.39, 0.29) is 0 Å². The van der Waals surface area contributed by atoms with Crippen molar-refractivity contribution in [1.82, 2.24) is 0 Å². The number of alkyl halides is 6. The lowest BCUT2D eigenvalue weighted by atomic mass is 10.1. The van der Waals surface area contributed by atoms with Gasteiger partial charge in [0.05, 0.1) is 0 Å². The molecule has 0 nitrogen and oxygen atoms in total. The molecule has 0 heterocycles. The zero-order valence-electron chi connectivity index (χ0n) is 9.87. The number of benzene rings is 1. The van der Waals surface area contributed by atoms with Gasteiger partial charge in [0.25, 0.3) is 0 Å². The second-order valence-corrected chi connectivity index (χ2v) is 12.6. The molecular formula is C11H11Cl6P. The minimum Gasteiger partial charge on any atom is -0.0783 e. The Morgan fingerprint density at radius 2 is 1.11 bits per heavy atom. The van der Waals surface area contributed by atoms with E-state index in [1.54, 1.807) is 0 Å². The zero-order valence-corrected chi connectivity index (χ0v) is 15.3. The summed E-state index contributed by atoms with van der Waals surface area (Å²) >= 11 is 36.1. The smallest absolute Gasteiger partial charge is 0.0783 e. The van der Waals surface area contributed by atoms with Crippen LogP contribution in [-0.2, 0) is 0 Å². The van der Waals surface area contributed by atoms with Crippen LogP contribution in [0.5, 0.6) is 0 Å². The lowest BCUT2D eigenvalue weighted by Crippen LogP contribution is -2.25. The van der Waals surface area contributed by atoms with Crippen LogP contribution in [-0.4, -0.2) is 7.07 Å². The molecular weight excluding hydrogens is 376 g/mol. The van der Waals surface area contributed by atoms with Crippen LogP contribution in [0.15, 0.2) is 12.1 Å². The molecule has 0 aliphatic carbocycles. The third-order valence-electron chi connectivity index (χ3n) is 2.37. The van der Waals surface area contributed by atoms with Gasteiger partial charge in [0.15, 0.2) is 0 Å². The Morgan fingerprint density at radius 3 is 1.39 bits per heavy atom. The minimum atomic E-state index is -1.63. The average Bonchev–Trinajstić information content (AvgIpc) is 2.06.